The molecular weight excluding hydrogens is 310 g/mol. The summed E-state index contributed by atoms with van der Waals surface area (Å²) < 4.78 is 11.6. The Kier molecular flexibility index (Phi) is 5.36. The van der Waals surface area contributed by atoms with Gasteiger partial charge in [0.15, 0.2) is 0 Å². The second kappa shape index (κ2) is 7.03. The lowest BCUT2D eigenvalue weighted by Gasteiger charge is -2.14. The van der Waals surface area contributed by atoms with E-state index in [1.165, 1.54) is 0 Å². The highest BCUT2D eigenvalue weighted by Gasteiger charge is 2.19. The summed E-state index contributed by atoms with van der Waals surface area (Å²) in [5.41, 5.74) is 1.74. The Morgan fingerprint density at radius 1 is 1.58 bits per heavy atom. The number of carbonyl (C=O) groups is 1. The van der Waals surface area contributed by atoms with Gasteiger partial charge in [0.25, 0.3) is 0 Å². The third-order valence-corrected chi connectivity index (χ3v) is 3.86. The van der Waals surface area contributed by atoms with Gasteiger partial charge in [0.2, 0.25) is 5.91 Å². The van der Waals surface area contributed by atoms with E-state index in [2.05, 4.69) is 21.2 Å². The average Bonchev–Trinajstić information content (AvgIpc) is 2.86. The standard InChI is InChI=1S/C14H18BrNO3/c1-18-9-11-12(15)5-2-6-13(11)16-14(17)8-10-4-3-7-19-10/h2,5-6,10H,3-4,7-9H2,1H3,(H,16,17). The highest BCUT2D eigenvalue weighted by atomic mass is 79.9. The van der Waals surface area contributed by atoms with Crippen molar-refractivity contribution in [1.29, 1.82) is 0 Å². The van der Waals surface area contributed by atoms with Crippen LogP contribution in [0.5, 0.6) is 0 Å². The van der Waals surface area contributed by atoms with Crippen molar-refractivity contribution in [3.05, 3.63) is 28.2 Å². The summed E-state index contributed by atoms with van der Waals surface area (Å²) in [4.78, 5) is 12.0. The molecule has 1 aliphatic rings. The Hall–Kier alpha value is -0.910. The van der Waals surface area contributed by atoms with Crippen molar-refractivity contribution in [2.45, 2.75) is 32.0 Å². The number of halogens is 1. The predicted octanol–water partition coefficient (Wildman–Crippen LogP) is 3.10. The lowest BCUT2D eigenvalue weighted by Crippen LogP contribution is -2.20. The molecule has 1 fully saturated rings. The van der Waals surface area contributed by atoms with Gasteiger partial charge in [-0.25, -0.2) is 0 Å². The third-order valence-electron chi connectivity index (χ3n) is 3.12. The highest BCUT2D eigenvalue weighted by Crippen LogP contribution is 2.26. The van der Waals surface area contributed by atoms with Crippen LogP contribution in [-0.2, 0) is 20.9 Å². The molecule has 1 amide bonds. The fourth-order valence-electron chi connectivity index (χ4n) is 2.18. The van der Waals surface area contributed by atoms with E-state index >= 15 is 0 Å². The van der Waals surface area contributed by atoms with Crippen molar-refractivity contribution in [2.75, 3.05) is 19.0 Å². The van der Waals surface area contributed by atoms with Crippen LogP contribution in [0.2, 0.25) is 0 Å². The van der Waals surface area contributed by atoms with Crippen LogP contribution < -0.4 is 5.32 Å². The zero-order chi connectivity index (χ0) is 13.7. The van der Waals surface area contributed by atoms with E-state index in [9.17, 15) is 4.79 Å². The summed E-state index contributed by atoms with van der Waals surface area (Å²) in [7, 11) is 1.64. The number of nitrogens with one attached hydrogen (secondary N) is 1. The number of rotatable bonds is 5. The molecule has 0 saturated carbocycles. The van der Waals surface area contributed by atoms with Crippen molar-refractivity contribution in [1.82, 2.24) is 0 Å². The van der Waals surface area contributed by atoms with E-state index in [4.69, 9.17) is 9.47 Å². The van der Waals surface area contributed by atoms with Crippen molar-refractivity contribution in [3.63, 3.8) is 0 Å². The molecule has 104 valence electrons. The first-order valence-corrected chi connectivity index (χ1v) is 7.18. The van der Waals surface area contributed by atoms with Crippen LogP contribution in [-0.4, -0.2) is 25.7 Å². The molecule has 0 aromatic heterocycles. The van der Waals surface area contributed by atoms with Gasteiger partial charge in [0, 0.05) is 29.4 Å². The van der Waals surface area contributed by atoms with Crippen molar-refractivity contribution in [2.24, 2.45) is 0 Å². The molecule has 0 spiro atoms. The molecule has 19 heavy (non-hydrogen) atoms. The maximum absolute atomic E-state index is 12.0. The van der Waals surface area contributed by atoms with Crippen molar-refractivity contribution >= 4 is 27.5 Å². The van der Waals surface area contributed by atoms with Gasteiger partial charge in [-0.3, -0.25) is 4.79 Å². The van der Waals surface area contributed by atoms with Crippen LogP contribution in [0.15, 0.2) is 22.7 Å². The molecule has 0 bridgehead atoms. The zero-order valence-corrected chi connectivity index (χ0v) is 12.5. The number of anilines is 1. The van der Waals surface area contributed by atoms with Gasteiger partial charge >= 0.3 is 0 Å². The van der Waals surface area contributed by atoms with Gasteiger partial charge in [-0.15, -0.1) is 0 Å². The molecule has 1 unspecified atom stereocenters. The van der Waals surface area contributed by atoms with E-state index < -0.39 is 0 Å². The second-order valence-corrected chi connectivity index (χ2v) is 5.44. The van der Waals surface area contributed by atoms with Gasteiger partial charge in [-0.05, 0) is 25.0 Å². The Balaban J connectivity index is 2.01. The molecule has 1 atom stereocenters. The van der Waals surface area contributed by atoms with Gasteiger partial charge in [0.1, 0.15) is 0 Å². The molecule has 2 rings (SSSR count). The van der Waals surface area contributed by atoms with Crippen LogP contribution in [0, 0.1) is 0 Å². The minimum Gasteiger partial charge on any atom is -0.380 e. The first-order valence-electron chi connectivity index (χ1n) is 6.38. The summed E-state index contributed by atoms with van der Waals surface area (Å²) in [6.45, 7) is 1.22. The van der Waals surface area contributed by atoms with E-state index in [1.54, 1.807) is 7.11 Å². The minimum atomic E-state index is -0.0117. The molecule has 1 aromatic carbocycles. The van der Waals surface area contributed by atoms with E-state index in [0.717, 1.165) is 35.2 Å². The molecule has 1 saturated heterocycles. The van der Waals surface area contributed by atoms with E-state index in [0.29, 0.717) is 13.0 Å². The van der Waals surface area contributed by atoms with E-state index in [-0.39, 0.29) is 12.0 Å². The lowest BCUT2D eigenvalue weighted by atomic mass is 10.1. The predicted molar refractivity (Wildman–Crippen MR) is 77.1 cm³/mol. The normalized spacial score (nSPS) is 18.5. The Morgan fingerprint density at radius 3 is 3.11 bits per heavy atom. The molecule has 1 aromatic rings. The minimum absolute atomic E-state index is 0.0117. The Labute approximate surface area is 121 Å². The van der Waals surface area contributed by atoms with Gasteiger partial charge < -0.3 is 14.8 Å². The lowest BCUT2D eigenvalue weighted by molar-refractivity contribution is -0.118. The number of hydrogen-bond acceptors (Lipinski definition) is 3. The maximum Gasteiger partial charge on any atom is 0.226 e. The first-order chi connectivity index (χ1) is 9.20. The van der Waals surface area contributed by atoms with Crippen molar-refractivity contribution in [3.8, 4) is 0 Å². The second-order valence-electron chi connectivity index (χ2n) is 4.59. The van der Waals surface area contributed by atoms with Crippen LogP contribution in [0.4, 0.5) is 5.69 Å². The number of benzene rings is 1. The summed E-state index contributed by atoms with van der Waals surface area (Å²) in [6.07, 6.45) is 2.50. The van der Waals surface area contributed by atoms with Crippen LogP contribution >= 0.6 is 15.9 Å². The number of carbonyl (C=O) groups excluding carboxylic acids is 1. The number of hydrogen-bond donors (Lipinski definition) is 1. The quantitative estimate of drug-likeness (QED) is 0.903. The summed E-state index contributed by atoms with van der Waals surface area (Å²) in [6, 6.07) is 5.71. The van der Waals surface area contributed by atoms with Crippen molar-refractivity contribution < 1.29 is 14.3 Å². The molecule has 0 radical (unpaired) electrons. The Morgan fingerprint density at radius 2 is 2.42 bits per heavy atom. The third kappa shape index (κ3) is 4.03. The molecule has 5 heteroatoms. The van der Waals surface area contributed by atoms with Gasteiger partial charge in [0.05, 0.1) is 19.1 Å². The maximum atomic E-state index is 12.0. The highest BCUT2D eigenvalue weighted by molar-refractivity contribution is 9.10. The largest absolute Gasteiger partial charge is 0.380 e. The summed E-state index contributed by atoms with van der Waals surface area (Å²) in [5.74, 6) is -0.0117. The molecular formula is C14H18BrNO3. The average molecular weight is 328 g/mol. The van der Waals surface area contributed by atoms with Crippen LogP contribution in [0.1, 0.15) is 24.8 Å². The number of ether oxygens (including phenoxy) is 2. The van der Waals surface area contributed by atoms with Crippen LogP contribution in [0.25, 0.3) is 0 Å². The topological polar surface area (TPSA) is 47.6 Å². The molecule has 1 aliphatic heterocycles. The van der Waals surface area contributed by atoms with Crippen LogP contribution in [0.3, 0.4) is 0 Å². The monoisotopic (exact) mass is 327 g/mol. The fourth-order valence-corrected chi connectivity index (χ4v) is 2.66. The molecule has 0 aliphatic carbocycles. The summed E-state index contributed by atoms with van der Waals surface area (Å²) >= 11 is 3.47. The first kappa shape index (κ1) is 14.5. The van der Waals surface area contributed by atoms with Gasteiger partial charge in [-0.2, -0.15) is 0 Å². The molecule has 1 heterocycles. The zero-order valence-electron chi connectivity index (χ0n) is 10.9. The number of methoxy groups -OCH3 is 1. The Bertz CT molecular complexity index is 444. The van der Waals surface area contributed by atoms with E-state index in [1.807, 2.05) is 18.2 Å². The fraction of sp³-hybridized carbons (Fsp3) is 0.500. The molecule has 4 nitrogen and oxygen atoms in total. The number of amides is 1. The smallest absolute Gasteiger partial charge is 0.226 e. The van der Waals surface area contributed by atoms with Gasteiger partial charge in [-0.1, -0.05) is 22.0 Å². The molecule has 1 N–H and O–H groups in total. The SMILES string of the molecule is COCc1c(Br)cccc1NC(=O)CC1CCCO1. The summed E-state index contributed by atoms with van der Waals surface area (Å²) in [5, 5.41) is 2.93.